The predicted molar refractivity (Wildman–Crippen MR) is 97.5 cm³/mol. The fraction of sp³-hybridized carbons (Fsp3) is 0.579. The Bertz CT molecular complexity index is 604. The van der Waals surface area contributed by atoms with E-state index in [1.165, 1.54) is 0 Å². The Hall–Kier alpha value is -1.22. The van der Waals surface area contributed by atoms with Crippen molar-refractivity contribution in [3.05, 3.63) is 30.0 Å². The van der Waals surface area contributed by atoms with Crippen LogP contribution in [0.1, 0.15) is 47.3 Å². The number of furan rings is 1. The summed E-state index contributed by atoms with van der Waals surface area (Å²) in [6, 6.07) is 9.42. The van der Waals surface area contributed by atoms with E-state index in [2.05, 4.69) is 53.7 Å². The van der Waals surface area contributed by atoms with E-state index in [1.54, 1.807) is 7.11 Å². The molecule has 0 saturated heterocycles. The zero-order valence-corrected chi connectivity index (χ0v) is 16.1. The molecule has 3 heteroatoms. The van der Waals surface area contributed by atoms with E-state index < -0.39 is 8.07 Å². The van der Waals surface area contributed by atoms with E-state index in [1.807, 2.05) is 12.1 Å². The van der Waals surface area contributed by atoms with Gasteiger partial charge in [-0.25, -0.2) is 0 Å². The Kier molecular flexibility index (Phi) is 5.06. The Balaban J connectivity index is 2.47. The summed E-state index contributed by atoms with van der Waals surface area (Å²) >= 11 is 0. The molecule has 0 aliphatic heterocycles. The van der Waals surface area contributed by atoms with E-state index in [0.717, 1.165) is 45.1 Å². The second-order valence-corrected chi connectivity index (χ2v) is 13.4. The number of fused-ring (bicyclic) bond motifs is 1. The first-order chi connectivity index (χ1) is 10.3. The maximum absolute atomic E-state index is 6.21. The maximum Gasteiger partial charge on any atom is 0.176 e. The van der Waals surface area contributed by atoms with E-state index in [0.29, 0.717) is 0 Å². The summed E-state index contributed by atoms with van der Waals surface area (Å²) in [5.74, 6) is 1.96. The normalized spacial score (nSPS) is 12.8. The first kappa shape index (κ1) is 17.1. The molecular weight excluding hydrogens is 288 g/mol. The van der Waals surface area contributed by atoms with Crippen LogP contribution in [0.5, 0.6) is 5.75 Å². The third kappa shape index (κ3) is 2.83. The molecule has 0 bridgehead atoms. The van der Waals surface area contributed by atoms with Gasteiger partial charge in [-0.15, -0.1) is 0 Å². The number of hydrogen-bond donors (Lipinski definition) is 0. The predicted octanol–water partition coefficient (Wildman–Crippen LogP) is 6.20. The largest absolute Gasteiger partial charge is 0.493 e. The van der Waals surface area contributed by atoms with E-state index in [9.17, 15) is 0 Å². The number of rotatable bonds is 6. The van der Waals surface area contributed by atoms with Crippen molar-refractivity contribution in [1.82, 2.24) is 0 Å². The van der Waals surface area contributed by atoms with Crippen LogP contribution in [0.15, 0.2) is 28.7 Å². The van der Waals surface area contributed by atoms with Crippen molar-refractivity contribution >= 4 is 19.0 Å². The second-order valence-electron chi connectivity index (χ2n) is 7.34. The minimum absolute atomic E-state index is 0.739. The number of para-hydroxylation sites is 1. The molecule has 2 nitrogen and oxygen atoms in total. The smallest absolute Gasteiger partial charge is 0.176 e. The summed E-state index contributed by atoms with van der Waals surface area (Å²) in [6.45, 7) is 14.4. The lowest BCUT2D eigenvalue weighted by atomic mass is 10.2. The van der Waals surface area contributed by atoms with Crippen LogP contribution in [-0.2, 0) is 6.04 Å². The summed E-state index contributed by atoms with van der Waals surface area (Å²) < 4.78 is 11.6. The quantitative estimate of drug-likeness (QED) is 0.591. The third-order valence-corrected chi connectivity index (χ3v) is 12.9. The van der Waals surface area contributed by atoms with Gasteiger partial charge >= 0.3 is 0 Å². The average molecular weight is 319 g/mol. The van der Waals surface area contributed by atoms with Gasteiger partial charge in [0.15, 0.2) is 11.3 Å². The third-order valence-electron chi connectivity index (χ3n) is 5.48. The Labute approximate surface area is 135 Å². The molecule has 0 aliphatic rings. The lowest BCUT2D eigenvalue weighted by Crippen LogP contribution is -2.46. The van der Waals surface area contributed by atoms with Crippen molar-refractivity contribution in [3.63, 3.8) is 0 Å². The molecule has 0 fully saturated rings. The van der Waals surface area contributed by atoms with Crippen LogP contribution in [0.2, 0.25) is 16.6 Å². The zero-order chi connectivity index (χ0) is 16.5. The first-order valence-electron chi connectivity index (χ1n) is 8.38. The lowest BCUT2D eigenvalue weighted by molar-refractivity contribution is 0.408. The average Bonchev–Trinajstić information content (AvgIpc) is 2.85. The summed E-state index contributed by atoms with van der Waals surface area (Å²) in [5, 5.41) is 1.15. The van der Waals surface area contributed by atoms with E-state index in [4.69, 9.17) is 9.15 Å². The molecule has 1 aromatic carbocycles. The molecule has 0 saturated carbocycles. The number of methoxy groups -OCH3 is 1. The molecule has 0 aliphatic carbocycles. The Morgan fingerprint density at radius 3 is 2.09 bits per heavy atom. The number of ether oxygens (including phenoxy) is 1. The van der Waals surface area contributed by atoms with Gasteiger partial charge in [0.25, 0.3) is 0 Å². The monoisotopic (exact) mass is 318 g/mol. The fourth-order valence-electron chi connectivity index (χ4n) is 4.25. The fourth-order valence-corrected chi connectivity index (χ4v) is 10.3. The topological polar surface area (TPSA) is 22.4 Å². The molecule has 22 heavy (non-hydrogen) atoms. The van der Waals surface area contributed by atoms with E-state index >= 15 is 0 Å². The number of benzene rings is 1. The molecule has 0 unspecified atom stereocenters. The van der Waals surface area contributed by atoms with Gasteiger partial charge in [0.1, 0.15) is 5.76 Å². The molecule has 0 N–H and O–H groups in total. The molecule has 1 aromatic heterocycles. The molecule has 0 spiro atoms. The van der Waals surface area contributed by atoms with Crippen molar-refractivity contribution in [3.8, 4) is 5.75 Å². The van der Waals surface area contributed by atoms with Gasteiger partial charge in [0, 0.05) is 11.4 Å². The minimum Gasteiger partial charge on any atom is -0.493 e. The molecule has 0 amide bonds. The van der Waals surface area contributed by atoms with Crippen LogP contribution in [0.25, 0.3) is 11.0 Å². The van der Waals surface area contributed by atoms with Gasteiger partial charge in [0.05, 0.1) is 15.2 Å². The van der Waals surface area contributed by atoms with Crippen LogP contribution in [0, 0.1) is 0 Å². The SMILES string of the molecule is COc1cccc2cc(C[Si](C(C)C)(C(C)C)C(C)C)oc12. The molecule has 0 radical (unpaired) electrons. The molecule has 1 heterocycles. The van der Waals surface area contributed by atoms with Crippen molar-refractivity contribution in [2.45, 2.75) is 64.2 Å². The van der Waals surface area contributed by atoms with Crippen LogP contribution in [0.3, 0.4) is 0 Å². The van der Waals surface area contributed by atoms with Crippen LogP contribution >= 0.6 is 0 Å². The Morgan fingerprint density at radius 2 is 1.59 bits per heavy atom. The van der Waals surface area contributed by atoms with Gasteiger partial charge in [-0.05, 0) is 12.1 Å². The molecular formula is C19H30O2Si. The molecule has 2 aromatic rings. The van der Waals surface area contributed by atoms with Crippen LogP contribution in [0.4, 0.5) is 0 Å². The van der Waals surface area contributed by atoms with E-state index in [-0.39, 0.29) is 0 Å². The highest BCUT2D eigenvalue weighted by molar-refractivity contribution is 6.82. The van der Waals surface area contributed by atoms with Crippen molar-refractivity contribution in [2.24, 2.45) is 0 Å². The summed E-state index contributed by atoms with van der Waals surface area (Å²) in [5.41, 5.74) is 3.10. The van der Waals surface area contributed by atoms with Gasteiger partial charge in [-0.3, -0.25) is 0 Å². The highest BCUT2D eigenvalue weighted by atomic mass is 28.3. The number of hydrogen-bond acceptors (Lipinski definition) is 2. The summed E-state index contributed by atoms with van der Waals surface area (Å²) in [6.07, 6.45) is 0. The zero-order valence-electron chi connectivity index (χ0n) is 15.1. The standard InChI is InChI=1S/C19H30O2Si/c1-13(2)22(14(3)4,15(5)6)12-17-11-16-9-8-10-18(20-7)19(16)21-17/h8-11,13-15H,12H2,1-7H3. The van der Waals surface area contributed by atoms with Gasteiger partial charge in [-0.1, -0.05) is 70.3 Å². The summed E-state index contributed by atoms with van der Waals surface area (Å²) in [7, 11) is 0.207. The minimum atomic E-state index is -1.49. The van der Waals surface area contributed by atoms with Crippen molar-refractivity contribution in [1.29, 1.82) is 0 Å². The molecule has 0 atom stereocenters. The van der Waals surface area contributed by atoms with Gasteiger partial charge < -0.3 is 9.15 Å². The van der Waals surface area contributed by atoms with Gasteiger partial charge in [-0.2, -0.15) is 0 Å². The first-order valence-corrected chi connectivity index (χ1v) is 10.8. The highest BCUT2D eigenvalue weighted by Gasteiger charge is 2.43. The maximum atomic E-state index is 6.21. The highest BCUT2D eigenvalue weighted by Crippen LogP contribution is 2.44. The van der Waals surface area contributed by atoms with Gasteiger partial charge in [0.2, 0.25) is 0 Å². The summed E-state index contributed by atoms with van der Waals surface area (Å²) in [4.78, 5) is 0. The molecule has 2 rings (SSSR count). The molecule has 122 valence electrons. The van der Waals surface area contributed by atoms with Crippen molar-refractivity contribution < 1.29 is 9.15 Å². The van der Waals surface area contributed by atoms with Crippen LogP contribution in [-0.4, -0.2) is 15.2 Å². The lowest BCUT2D eigenvalue weighted by Gasteiger charge is -2.42. The van der Waals surface area contributed by atoms with Crippen molar-refractivity contribution in [2.75, 3.05) is 7.11 Å². The van der Waals surface area contributed by atoms with Crippen LogP contribution < -0.4 is 4.74 Å². The second kappa shape index (κ2) is 6.49. The Morgan fingerprint density at radius 1 is 1.00 bits per heavy atom.